The second-order valence-electron chi connectivity index (χ2n) is 3.98. The van der Waals surface area contributed by atoms with Crippen LogP contribution < -0.4 is 10.5 Å². The number of nitrogen functional groups attached to an aromatic ring is 1. The molecule has 0 amide bonds. The number of benzene rings is 1. The van der Waals surface area contributed by atoms with Crippen molar-refractivity contribution in [3.05, 3.63) is 35.5 Å². The molecule has 0 atom stereocenters. The van der Waals surface area contributed by atoms with Crippen LogP contribution in [0, 0.1) is 0 Å². The molecule has 1 aromatic carbocycles. The minimum Gasteiger partial charge on any atom is -0.424 e. The molecule has 90 valence electrons. The van der Waals surface area contributed by atoms with Gasteiger partial charge in [0.25, 0.3) is 0 Å². The molecule has 0 fully saturated rings. The maximum absolute atomic E-state index is 6.02. The number of halogens is 1. The predicted octanol–water partition coefficient (Wildman–Crippen LogP) is 3.49. The first-order chi connectivity index (χ1) is 8.08. The molecule has 0 unspecified atom stereocenters. The van der Waals surface area contributed by atoms with Crippen molar-refractivity contribution in [2.75, 3.05) is 5.73 Å². The standard InChI is InChI=1S/C12H14ClN3O/c1-8(2)16-7-11(14)15-12(16)17-10-6-4-3-5-9(10)13/h3-8H,14H2,1-2H3. The molecule has 0 radical (unpaired) electrons. The number of rotatable bonds is 3. The van der Waals surface area contributed by atoms with Crippen LogP contribution in [0.25, 0.3) is 0 Å². The first-order valence-electron chi connectivity index (χ1n) is 5.34. The summed E-state index contributed by atoms with van der Waals surface area (Å²) in [4.78, 5) is 4.13. The van der Waals surface area contributed by atoms with Gasteiger partial charge in [0, 0.05) is 6.04 Å². The van der Waals surface area contributed by atoms with E-state index in [4.69, 9.17) is 22.1 Å². The van der Waals surface area contributed by atoms with Crippen molar-refractivity contribution in [3.8, 4) is 11.8 Å². The van der Waals surface area contributed by atoms with Crippen molar-refractivity contribution in [2.24, 2.45) is 0 Å². The average molecular weight is 252 g/mol. The van der Waals surface area contributed by atoms with E-state index in [2.05, 4.69) is 4.98 Å². The van der Waals surface area contributed by atoms with Crippen LogP contribution in [0.3, 0.4) is 0 Å². The van der Waals surface area contributed by atoms with Crippen molar-refractivity contribution >= 4 is 17.4 Å². The lowest BCUT2D eigenvalue weighted by atomic mass is 10.3. The molecule has 17 heavy (non-hydrogen) atoms. The molecule has 4 nitrogen and oxygen atoms in total. The molecule has 0 aliphatic carbocycles. The highest BCUT2D eigenvalue weighted by molar-refractivity contribution is 6.32. The van der Waals surface area contributed by atoms with Crippen LogP contribution in [0.5, 0.6) is 11.8 Å². The van der Waals surface area contributed by atoms with E-state index in [9.17, 15) is 0 Å². The second-order valence-corrected chi connectivity index (χ2v) is 4.39. The highest BCUT2D eigenvalue weighted by atomic mass is 35.5. The Morgan fingerprint density at radius 3 is 2.71 bits per heavy atom. The SMILES string of the molecule is CC(C)n1cc(N)nc1Oc1ccccc1Cl. The quantitative estimate of drug-likeness (QED) is 0.909. The minimum absolute atomic E-state index is 0.220. The highest BCUT2D eigenvalue weighted by Gasteiger charge is 2.12. The van der Waals surface area contributed by atoms with Gasteiger partial charge in [0.1, 0.15) is 11.6 Å². The summed E-state index contributed by atoms with van der Waals surface area (Å²) in [5.41, 5.74) is 5.66. The number of nitrogens with two attached hydrogens (primary N) is 1. The van der Waals surface area contributed by atoms with Crippen LogP contribution in [-0.4, -0.2) is 9.55 Å². The number of anilines is 1. The zero-order valence-electron chi connectivity index (χ0n) is 9.72. The molecule has 0 spiro atoms. The zero-order chi connectivity index (χ0) is 12.4. The van der Waals surface area contributed by atoms with Gasteiger partial charge in [-0.05, 0) is 26.0 Å². The van der Waals surface area contributed by atoms with Crippen LogP contribution >= 0.6 is 11.6 Å². The Kier molecular flexibility index (Phi) is 3.24. The number of imidazole rings is 1. The van der Waals surface area contributed by atoms with Crippen LogP contribution in [0.2, 0.25) is 5.02 Å². The van der Waals surface area contributed by atoms with E-state index in [1.807, 2.05) is 30.5 Å². The number of aromatic nitrogens is 2. The average Bonchev–Trinajstić information content (AvgIpc) is 2.63. The van der Waals surface area contributed by atoms with Crippen molar-refractivity contribution in [1.82, 2.24) is 9.55 Å². The molecule has 5 heteroatoms. The van der Waals surface area contributed by atoms with Gasteiger partial charge < -0.3 is 10.5 Å². The topological polar surface area (TPSA) is 53.1 Å². The third-order valence-corrected chi connectivity index (χ3v) is 2.62. The molecule has 0 aliphatic heterocycles. The van der Waals surface area contributed by atoms with E-state index in [-0.39, 0.29) is 6.04 Å². The summed E-state index contributed by atoms with van der Waals surface area (Å²) in [6.07, 6.45) is 1.75. The van der Waals surface area contributed by atoms with E-state index in [1.165, 1.54) is 0 Å². The molecule has 0 saturated carbocycles. The van der Waals surface area contributed by atoms with Gasteiger partial charge in [-0.2, -0.15) is 4.98 Å². The fourth-order valence-corrected chi connectivity index (χ4v) is 1.64. The molecule has 2 rings (SSSR count). The van der Waals surface area contributed by atoms with Gasteiger partial charge in [-0.15, -0.1) is 0 Å². The summed E-state index contributed by atoms with van der Waals surface area (Å²) >= 11 is 6.02. The van der Waals surface area contributed by atoms with Crippen molar-refractivity contribution < 1.29 is 4.74 Å². The Morgan fingerprint density at radius 1 is 1.35 bits per heavy atom. The third-order valence-electron chi connectivity index (χ3n) is 2.31. The predicted molar refractivity (Wildman–Crippen MR) is 68.6 cm³/mol. The van der Waals surface area contributed by atoms with E-state index in [0.717, 1.165) is 0 Å². The lowest BCUT2D eigenvalue weighted by Crippen LogP contribution is -2.02. The summed E-state index contributed by atoms with van der Waals surface area (Å²) < 4.78 is 7.52. The second kappa shape index (κ2) is 4.67. The fraction of sp³-hybridized carbons (Fsp3) is 0.250. The summed E-state index contributed by atoms with van der Waals surface area (Å²) in [6, 6.07) is 7.93. The van der Waals surface area contributed by atoms with Gasteiger partial charge in [0.15, 0.2) is 0 Å². The number of hydrogen-bond acceptors (Lipinski definition) is 3. The lowest BCUT2D eigenvalue weighted by molar-refractivity contribution is 0.396. The van der Waals surface area contributed by atoms with E-state index >= 15 is 0 Å². The van der Waals surface area contributed by atoms with E-state index < -0.39 is 0 Å². The monoisotopic (exact) mass is 251 g/mol. The molecular weight excluding hydrogens is 238 g/mol. The first kappa shape index (κ1) is 11.8. The summed E-state index contributed by atoms with van der Waals surface area (Å²) in [5, 5.41) is 0.546. The molecule has 2 N–H and O–H groups in total. The number of hydrogen-bond donors (Lipinski definition) is 1. The highest BCUT2D eigenvalue weighted by Crippen LogP contribution is 2.30. The molecule has 1 aromatic heterocycles. The van der Waals surface area contributed by atoms with Gasteiger partial charge in [-0.25, -0.2) is 0 Å². The van der Waals surface area contributed by atoms with Gasteiger partial charge >= 0.3 is 6.01 Å². The number of para-hydroxylation sites is 1. The van der Waals surface area contributed by atoms with Crippen LogP contribution in [0.15, 0.2) is 30.5 Å². The van der Waals surface area contributed by atoms with Gasteiger partial charge in [-0.1, -0.05) is 23.7 Å². The van der Waals surface area contributed by atoms with Crippen molar-refractivity contribution in [2.45, 2.75) is 19.9 Å². The fourth-order valence-electron chi connectivity index (χ4n) is 1.47. The van der Waals surface area contributed by atoms with Crippen molar-refractivity contribution in [3.63, 3.8) is 0 Å². The molecule has 1 heterocycles. The Balaban J connectivity index is 2.33. The Morgan fingerprint density at radius 2 is 2.06 bits per heavy atom. The molecular formula is C12H14ClN3O. The molecule has 0 bridgehead atoms. The molecule has 0 saturated heterocycles. The minimum atomic E-state index is 0.220. The smallest absolute Gasteiger partial charge is 0.304 e. The summed E-state index contributed by atoms with van der Waals surface area (Å²) in [6.45, 7) is 4.06. The Labute approximate surface area is 105 Å². The largest absolute Gasteiger partial charge is 0.424 e. The van der Waals surface area contributed by atoms with Crippen LogP contribution in [-0.2, 0) is 0 Å². The first-order valence-corrected chi connectivity index (χ1v) is 5.72. The summed E-state index contributed by atoms with van der Waals surface area (Å²) in [5.74, 6) is 1.00. The van der Waals surface area contributed by atoms with E-state index in [1.54, 1.807) is 18.3 Å². The van der Waals surface area contributed by atoms with Gasteiger partial charge in [-0.3, -0.25) is 4.57 Å². The maximum atomic E-state index is 6.02. The van der Waals surface area contributed by atoms with E-state index in [0.29, 0.717) is 22.6 Å². The number of ether oxygens (including phenoxy) is 1. The maximum Gasteiger partial charge on any atom is 0.304 e. The zero-order valence-corrected chi connectivity index (χ0v) is 10.5. The lowest BCUT2D eigenvalue weighted by Gasteiger charge is -2.11. The van der Waals surface area contributed by atoms with Crippen LogP contribution in [0.4, 0.5) is 5.82 Å². The summed E-state index contributed by atoms with van der Waals surface area (Å²) in [7, 11) is 0. The number of nitrogens with zero attached hydrogens (tertiary/aromatic N) is 2. The third kappa shape index (κ3) is 2.53. The Bertz CT molecular complexity index is 522. The Hall–Kier alpha value is -1.68. The molecule has 2 aromatic rings. The van der Waals surface area contributed by atoms with Gasteiger partial charge in [0.2, 0.25) is 0 Å². The normalized spacial score (nSPS) is 10.8. The van der Waals surface area contributed by atoms with Crippen molar-refractivity contribution in [1.29, 1.82) is 0 Å². The van der Waals surface area contributed by atoms with Crippen LogP contribution in [0.1, 0.15) is 19.9 Å². The molecule has 0 aliphatic rings. The van der Waals surface area contributed by atoms with Gasteiger partial charge in [0.05, 0.1) is 11.2 Å².